The van der Waals surface area contributed by atoms with Crippen LogP contribution in [0.15, 0.2) is 34.9 Å². The smallest absolute Gasteiger partial charge is 0.213 e. The predicted molar refractivity (Wildman–Crippen MR) is 89.9 cm³/mol. The van der Waals surface area contributed by atoms with Crippen molar-refractivity contribution < 1.29 is 13.9 Å². The van der Waals surface area contributed by atoms with Gasteiger partial charge >= 0.3 is 0 Å². The number of pyridine rings is 1. The molecule has 2 saturated heterocycles. The minimum absolute atomic E-state index is 0.00276. The van der Waals surface area contributed by atoms with Crippen molar-refractivity contribution in [3.63, 3.8) is 0 Å². The third-order valence-corrected chi connectivity index (χ3v) is 5.14. The number of rotatable bonds is 5. The Morgan fingerprint density at radius 2 is 2.32 bits per heavy atom. The van der Waals surface area contributed by atoms with E-state index in [4.69, 9.17) is 19.2 Å². The van der Waals surface area contributed by atoms with Crippen LogP contribution in [-0.4, -0.2) is 42.8 Å². The molecule has 6 nitrogen and oxygen atoms in total. The summed E-state index contributed by atoms with van der Waals surface area (Å²) >= 11 is 0. The normalized spacial score (nSPS) is 25.7. The van der Waals surface area contributed by atoms with Gasteiger partial charge in [-0.05, 0) is 25.1 Å². The van der Waals surface area contributed by atoms with E-state index >= 15 is 0 Å². The molecule has 0 aliphatic carbocycles. The standard InChI is InChI=1S/C19H21N3O3/c1-14-2-4-17(25-14)9-22-8-16-10-23-12-19(16,11-22)13-24-18-5-3-15(6-20)7-21-18/h2-5,7,16H,8-13H2,1H3/t16-,19+/m1/s1. The number of fused-ring (bicyclic) bond motifs is 1. The van der Waals surface area contributed by atoms with E-state index in [0.29, 0.717) is 30.6 Å². The van der Waals surface area contributed by atoms with E-state index in [9.17, 15) is 0 Å². The molecule has 0 bridgehead atoms. The van der Waals surface area contributed by atoms with Crippen LogP contribution in [-0.2, 0) is 11.3 Å². The number of nitrogens with zero attached hydrogens (tertiary/aromatic N) is 3. The molecule has 2 aromatic rings. The van der Waals surface area contributed by atoms with Crippen LogP contribution in [0.4, 0.5) is 0 Å². The zero-order chi connectivity index (χ0) is 17.3. The number of hydrogen-bond acceptors (Lipinski definition) is 6. The zero-order valence-electron chi connectivity index (χ0n) is 14.3. The van der Waals surface area contributed by atoms with Crippen molar-refractivity contribution in [3.8, 4) is 11.9 Å². The van der Waals surface area contributed by atoms with E-state index in [0.717, 1.165) is 37.8 Å². The SMILES string of the molecule is Cc1ccc(CN2C[C@@H]3COC[C@]3(COc3ccc(C#N)cn3)C2)o1. The Kier molecular flexibility index (Phi) is 4.20. The summed E-state index contributed by atoms with van der Waals surface area (Å²) < 4.78 is 17.4. The lowest BCUT2D eigenvalue weighted by Gasteiger charge is -2.26. The molecular weight excluding hydrogens is 318 g/mol. The summed E-state index contributed by atoms with van der Waals surface area (Å²) in [6, 6.07) is 9.59. The Balaban J connectivity index is 1.41. The third-order valence-electron chi connectivity index (χ3n) is 5.14. The van der Waals surface area contributed by atoms with Gasteiger partial charge in [-0.2, -0.15) is 5.26 Å². The molecular formula is C19H21N3O3. The molecule has 0 spiro atoms. The molecule has 0 radical (unpaired) electrons. The Morgan fingerprint density at radius 1 is 1.40 bits per heavy atom. The average molecular weight is 339 g/mol. The molecule has 0 aromatic carbocycles. The lowest BCUT2D eigenvalue weighted by Crippen LogP contribution is -2.37. The van der Waals surface area contributed by atoms with E-state index in [1.807, 2.05) is 19.1 Å². The van der Waals surface area contributed by atoms with Gasteiger partial charge in [-0.15, -0.1) is 0 Å². The molecule has 4 heterocycles. The summed E-state index contributed by atoms with van der Waals surface area (Å²) in [6.45, 7) is 6.76. The van der Waals surface area contributed by atoms with Crippen LogP contribution in [0.3, 0.4) is 0 Å². The molecule has 0 unspecified atom stereocenters. The second kappa shape index (κ2) is 6.51. The van der Waals surface area contributed by atoms with Crippen LogP contribution in [0.2, 0.25) is 0 Å². The number of aromatic nitrogens is 1. The van der Waals surface area contributed by atoms with Gasteiger partial charge in [0.1, 0.15) is 17.6 Å². The molecule has 4 rings (SSSR count). The van der Waals surface area contributed by atoms with E-state index in [1.165, 1.54) is 6.20 Å². The highest BCUT2D eigenvalue weighted by molar-refractivity contribution is 5.28. The van der Waals surface area contributed by atoms with Crippen molar-refractivity contribution in [1.29, 1.82) is 5.26 Å². The predicted octanol–water partition coefficient (Wildman–Crippen LogP) is 2.38. The monoisotopic (exact) mass is 339 g/mol. The lowest BCUT2D eigenvalue weighted by molar-refractivity contribution is 0.0868. The van der Waals surface area contributed by atoms with Gasteiger partial charge in [0.15, 0.2) is 0 Å². The fourth-order valence-electron chi connectivity index (χ4n) is 3.81. The van der Waals surface area contributed by atoms with Gasteiger partial charge in [0.05, 0.1) is 31.9 Å². The first kappa shape index (κ1) is 16.1. The fraction of sp³-hybridized carbons (Fsp3) is 0.474. The Labute approximate surface area is 147 Å². The highest BCUT2D eigenvalue weighted by Crippen LogP contribution is 2.42. The first-order valence-electron chi connectivity index (χ1n) is 8.51. The number of likely N-dealkylation sites (tertiary alicyclic amines) is 1. The van der Waals surface area contributed by atoms with Gasteiger partial charge in [0.2, 0.25) is 5.88 Å². The second-order valence-electron chi connectivity index (χ2n) is 7.04. The molecule has 6 heteroatoms. The third kappa shape index (κ3) is 3.26. The number of hydrogen-bond donors (Lipinski definition) is 0. The summed E-state index contributed by atoms with van der Waals surface area (Å²) in [5.41, 5.74) is 0.533. The van der Waals surface area contributed by atoms with Crippen LogP contribution >= 0.6 is 0 Å². The first-order chi connectivity index (χ1) is 12.2. The molecule has 25 heavy (non-hydrogen) atoms. The largest absolute Gasteiger partial charge is 0.477 e. The van der Waals surface area contributed by atoms with E-state index in [-0.39, 0.29) is 5.41 Å². The van der Waals surface area contributed by atoms with Gasteiger partial charge in [0, 0.05) is 36.7 Å². The quantitative estimate of drug-likeness (QED) is 0.833. The minimum Gasteiger partial charge on any atom is -0.477 e. The average Bonchev–Trinajstić information content (AvgIpc) is 3.28. The van der Waals surface area contributed by atoms with Gasteiger partial charge in [-0.3, -0.25) is 4.90 Å². The van der Waals surface area contributed by atoms with Gasteiger partial charge in [0.25, 0.3) is 0 Å². The molecule has 0 N–H and O–H groups in total. The van der Waals surface area contributed by atoms with Crippen molar-refractivity contribution in [3.05, 3.63) is 47.5 Å². The first-order valence-corrected chi connectivity index (χ1v) is 8.51. The van der Waals surface area contributed by atoms with E-state index < -0.39 is 0 Å². The van der Waals surface area contributed by atoms with Crippen LogP contribution in [0.1, 0.15) is 17.1 Å². The lowest BCUT2D eigenvalue weighted by atomic mass is 9.82. The van der Waals surface area contributed by atoms with Crippen LogP contribution in [0.25, 0.3) is 0 Å². The van der Waals surface area contributed by atoms with E-state index in [1.54, 1.807) is 12.1 Å². The van der Waals surface area contributed by atoms with Crippen molar-refractivity contribution in [2.75, 3.05) is 32.9 Å². The topological polar surface area (TPSA) is 71.5 Å². The maximum Gasteiger partial charge on any atom is 0.213 e. The Bertz CT molecular complexity index is 780. The fourth-order valence-corrected chi connectivity index (χ4v) is 3.81. The van der Waals surface area contributed by atoms with Gasteiger partial charge in [-0.25, -0.2) is 4.98 Å². The summed E-state index contributed by atoms with van der Waals surface area (Å²) in [5.74, 6) is 2.96. The maximum absolute atomic E-state index is 8.84. The molecule has 2 aliphatic rings. The zero-order valence-corrected chi connectivity index (χ0v) is 14.3. The van der Waals surface area contributed by atoms with E-state index in [2.05, 4.69) is 16.0 Å². The number of ether oxygens (including phenoxy) is 2. The minimum atomic E-state index is -0.00276. The summed E-state index contributed by atoms with van der Waals surface area (Å²) in [6.07, 6.45) is 1.54. The molecule has 2 fully saturated rings. The van der Waals surface area contributed by atoms with Crippen molar-refractivity contribution in [2.45, 2.75) is 13.5 Å². The van der Waals surface area contributed by atoms with Crippen LogP contribution in [0.5, 0.6) is 5.88 Å². The Hall–Kier alpha value is -2.36. The van der Waals surface area contributed by atoms with Crippen molar-refractivity contribution in [1.82, 2.24) is 9.88 Å². The molecule has 2 aromatic heterocycles. The molecule has 2 atom stereocenters. The molecule has 2 aliphatic heterocycles. The number of aryl methyl sites for hydroxylation is 1. The number of furan rings is 1. The maximum atomic E-state index is 8.84. The Morgan fingerprint density at radius 3 is 3.04 bits per heavy atom. The van der Waals surface area contributed by atoms with Crippen molar-refractivity contribution >= 4 is 0 Å². The summed E-state index contributed by atoms with van der Waals surface area (Å²) in [4.78, 5) is 6.61. The van der Waals surface area contributed by atoms with Gasteiger partial charge < -0.3 is 13.9 Å². The molecule has 0 amide bonds. The van der Waals surface area contributed by atoms with Crippen LogP contribution < -0.4 is 4.74 Å². The second-order valence-corrected chi connectivity index (χ2v) is 7.04. The highest BCUT2D eigenvalue weighted by Gasteiger charge is 2.51. The van der Waals surface area contributed by atoms with Crippen LogP contribution in [0, 0.1) is 29.6 Å². The highest BCUT2D eigenvalue weighted by atomic mass is 16.5. The van der Waals surface area contributed by atoms with Gasteiger partial charge in [-0.1, -0.05) is 0 Å². The number of nitriles is 1. The molecule has 0 saturated carbocycles. The molecule has 130 valence electrons. The van der Waals surface area contributed by atoms with Crippen molar-refractivity contribution in [2.24, 2.45) is 11.3 Å². The summed E-state index contributed by atoms with van der Waals surface area (Å²) in [5, 5.41) is 8.84. The summed E-state index contributed by atoms with van der Waals surface area (Å²) in [7, 11) is 0.